The van der Waals surface area contributed by atoms with Crippen molar-refractivity contribution in [3.8, 4) is 0 Å². The van der Waals surface area contributed by atoms with E-state index in [0.29, 0.717) is 17.4 Å². The van der Waals surface area contributed by atoms with Crippen LogP contribution < -0.4 is 5.32 Å². The summed E-state index contributed by atoms with van der Waals surface area (Å²) in [6.07, 6.45) is 4.64. The minimum Gasteiger partial charge on any atom is -0.356 e. The molecule has 1 amide bonds. The summed E-state index contributed by atoms with van der Waals surface area (Å²) in [7, 11) is 0. The molecule has 2 heterocycles. The first-order valence-electron chi connectivity index (χ1n) is 8.43. The lowest BCUT2D eigenvalue weighted by Crippen LogP contribution is -2.33. The molecule has 0 radical (unpaired) electrons. The van der Waals surface area contributed by atoms with Crippen molar-refractivity contribution in [1.82, 2.24) is 15.1 Å². The van der Waals surface area contributed by atoms with Gasteiger partial charge >= 0.3 is 0 Å². The Labute approximate surface area is 155 Å². The zero-order chi connectivity index (χ0) is 17.5. The summed E-state index contributed by atoms with van der Waals surface area (Å²) in [4.78, 5) is 14.3. The van der Waals surface area contributed by atoms with E-state index in [0.717, 1.165) is 35.8 Å². The molecule has 0 unspecified atom stereocenters. The van der Waals surface area contributed by atoms with E-state index in [4.69, 9.17) is 0 Å². The number of thioether (sulfide) groups is 1. The Morgan fingerprint density at radius 3 is 2.60 bits per heavy atom. The standard InChI is InChI=1S/C17H21FN4OS2/c18-14-7-5-13(6-8-14)11-19-16-20-21-17(25-16)24-12-15(23)22-9-3-1-2-4-10-22/h5-8H,1-4,9-12H2,(H,19,20). The van der Waals surface area contributed by atoms with Gasteiger partial charge in [-0.1, -0.05) is 48.1 Å². The van der Waals surface area contributed by atoms with E-state index in [2.05, 4.69) is 15.5 Å². The van der Waals surface area contributed by atoms with Crippen LogP contribution in [-0.2, 0) is 11.3 Å². The van der Waals surface area contributed by atoms with Gasteiger partial charge in [0.1, 0.15) is 5.82 Å². The maximum atomic E-state index is 12.9. The average Bonchev–Trinajstić information content (AvgIpc) is 2.90. The fraction of sp³-hybridized carbons (Fsp3) is 0.471. The van der Waals surface area contributed by atoms with Crippen LogP contribution in [0.25, 0.3) is 0 Å². The highest BCUT2D eigenvalue weighted by Gasteiger charge is 2.16. The van der Waals surface area contributed by atoms with Crippen molar-refractivity contribution in [1.29, 1.82) is 0 Å². The maximum absolute atomic E-state index is 12.9. The molecule has 1 N–H and O–H groups in total. The summed E-state index contributed by atoms with van der Waals surface area (Å²) in [5.41, 5.74) is 0.974. The van der Waals surface area contributed by atoms with Crippen molar-refractivity contribution in [3.05, 3.63) is 35.6 Å². The SMILES string of the molecule is O=C(CSc1nnc(NCc2ccc(F)cc2)s1)N1CCCCCC1. The van der Waals surface area contributed by atoms with Crippen LogP contribution in [-0.4, -0.2) is 39.8 Å². The molecule has 1 aliphatic heterocycles. The Kier molecular flexibility index (Phi) is 6.63. The van der Waals surface area contributed by atoms with Crippen molar-refractivity contribution >= 4 is 34.1 Å². The van der Waals surface area contributed by atoms with E-state index in [-0.39, 0.29) is 11.7 Å². The molecule has 134 valence electrons. The molecule has 1 aromatic heterocycles. The van der Waals surface area contributed by atoms with Crippen molar-refractivity contribution in [2.45, 2.75) is 36.6 Å². The molecule has 1 fully saturated rings. The Morgan fingerprint density at radius 2 is 1.88 bits per heavy atom. The molecule has 2 aromatic rings. The predicted octanol–water partition coefficient (Wildman–Crippen LogP) is 3.78. The lowest BCUT2D eigenvalue weighted by molar-refractivity contribution is -0.128. The molecule has 3 rings (SSSR count). The molecular weight excluding hydrogens is 359 g/mol. The number of anilines is 1. The average molecular weight is 381 g/mol. The first-order chi connectivity index (χ1) is 12.2. The lowest BCUT2D eigenvalue weighted by atomic mass is 10.2. The van der Waals surface area contributed by atoms with E-state index in [1.165, 1.54) is 48.1 Å². The van der Waals surface area contributed by atoms with Gasteiger partial charge < -0.3 is 10.2 Å². The number of carbonyl (C=O) groups is 1. The number of carbonyl (C=O) groups excluding carboxylic acids is 1. The molecule has 8 heteroatoms. The minimum absolute atomic E-state index is 0.183. The van der Waals surface area contributed by atoms with Crippen LogP contribution in [0.3, 0.4) is 0 Å². The summed E-state index contributed by atoms with van der Waals surface area (Å²) in [5, 5.41) is 12.1. The summed E-state index contributed by atoms with van der Waals surface area (Å²) in [6, 6.07) is 6.34. The van der Waals surface area contributed by atoms with Crippen LogP contribution >= 0.6 is 23.1 Å². The molecule has 1 aliphatic rings. The first-order valence-corrected chi connectivity index (χ1v) is 10.2. The van der Waals surface area contributed by atoms with Crippen LogP contribution in [0.15, 0.2) is 28.6 Å². The highest BCUT2D eigenvalue weighted by molar-refractivity contribution is 8.01. The van der Waals surface area contributed by atoms with Gasteiger partial charge in [0.25, 0.3) is 0 Å². The Bertz CT molecular complexity index is 684. The third-order valence-corrected chi connectivity index (χ3v) is 6.04. The number of nitrogens with zero attached hydrogens (tertiary/aromatic N) is 3. The second kappa shape index (κ2) is 9.15. The zero-order valence-corrected chi connectivity index (χ0v) is 15.5. The van der Waals surface area contributed by atoms with Gasteiger partial charge in [-0.3, -0.25) is 4.79 Å². The topological polar surface area (TPSA) is 58.1 Å². The fourth-order valence-electron chi connectivity index (χ4n) is 2.65. The molecule has 0 bridgehead atoms. The number of likely N-dealkylation sites (tertiary alicyclic amines) is 1. The number of benzene rings is 1. The van der Waals surface area contributed by atoms with E-state index in [1.54, 1.807) is 12.1 Å². The highest BCUT2D eigenvalue weighted by atomic mass is 32.2. The molecule has 1 saturated heterocycles. The quantitative estimate of drug-likeness (QED) is 0.773. The van der Waals surface area contributed by atoms with Gasteiger partial charge in [0.2, 0.25) is 11.0 Å². The summed E-state index contributed by atoms with van der Waals surface area (Å²) in [6.45, 7) is 2.31. The largest absolute Gasteiger partial charge is 0.356 e. The molecular formula is C17H21FN4OS2. The second-order valence-electron chi connectivity index (χ2n) is 5.94. The number of aromatic nitrogens is 2. The molecule has 0 aliphatic carbocycles. The summed E-state index contributed by atoms with van der Waals surface area (Å²) >= 11 is 2.87. The van der Waals surface area contributed by atoms with Crippen molar-refractivity contribution in [2.75, 3.05) is 24.2 Å². The maximum Gasteiger partial charge on any atom is 0.233 e. The minimum atomic E-state index is -0.243. The van der Waals surface area contributed by atoms with Gasteiger partial charge in [-0.2, -0.15) is 0 Å². The van der Waals surface area contributed by atoms with Crippen LogP contribution in [0.4, 0.5) is 9.52 Å². The Balaban J connectivity index is 1.44. The smallest absolute Gasteiger partial charge is 0.233 e. The van der Waals surface area contributed by atoms with E-state index in [1.807, 2.05) is 4.90 Å². The van der Waals surface area contributed by atoms with Crippen molar-refractivity contribution in [2.24, 2.45) is 0 Å². The van der Waals surface area contributed by atoms with E-state index in [9.17, 15) is 9.18 Å². The molecule has 0 spiro atoms. The molecule has 0 atom stereocenters. The van der Waals surface area contributed by atoms with Gasteiger partial charge in [-0.25, -0.2) is 4.39 Å². The zero-order valence-electron chi connectivity index (χ0n) is 13.9. The van der Waals surface area contributed by atoms with Crippen LogP contribution in [0.1, 0.15) is 31.2 Å². The number of hydrogen-bond acceptors (Lipinski definition) is 6. The summed E-state index contributed by atoms with van der Waals surface area (Å²) < 4.78 is 13.7. The molecule has 0 saturated carbocycles. The Hall–Kier alpha value is -1.67. The van der Waals surface area contributed by atoms with Crippen LogP contribution in [0.2, 0.25) is 0 Å². The third kappa shape index (κ3) is 5.67. The number of hydrogen-bond donors (Lipinski definition) is 1. The highest BCUT2D eigenvalue weighted by Crippen LogP contribution is 2.26. The van der Waals surface area contributed by atoms with Crippen LogP contribution in [0, 0.1) is 5.82 Å². The molecule has 5 nitrogen and oxygen atoms in total. The van der Waals surface area contributed by atoms with E-state index >= 15 is 0 Å². The van der Waals surface area contributed by atoms with Crippen LogP contribution in [0.5, 0.6) is 0 Å². The van der Waals surface area contributed by atoms with Gasteiger partial charge in [-0.15, -0.1) is 10.2 Å². The van der Waals surface area contributed by atoms with Gasteiger partial charge in [-0.05, 0) is 30.5 Å². The predicted molar refractivity (Wildman–Crippen MR) is 99.4 cm³/mol. The normalized spacial score (nSPS) is 15.0. The van der Waals surface area contributed by atoms with Gasteiger partial charge in [0, 0.05) is 19.6 Å². The summed E-state index contributed by atoms with van der Waals surface area (Å²) in [5.74, 6) is 0.349. The van der Waals surface area contributed by atoms with Crippen molar-refractivity contribution in [3.63, 3.8) is 0 Å². The number of rotatable bonds is 6. The van der Waals surface area contributed by atoms with Gasteiger partial charge in [0.15, 0.2) is 4.34 Å². The Morgan fingerprint density at radius 1 is 1.16 bits per heavy atom. The molecule has 25 heavy (non-hydrogen) atoms. The fourth-order valence-corrected chi connectivity index (χ4v) is 4.30. The van der Waals surface area contributed by atoms with Gasteiger partial charge in [0.05, 0.1) is 5.75 Å². The molecule has 1 aromatic carbocycles. The third-order valence-electron chi connectivity index (χ3n) is 4.04. The lowest BCUT2D eigenvalue weighted by Gasteiger charge is -2.19. The first kappa shape index (κ1) is 18.1. The second-order valence-corrected chi connectivity index (χ2v) is 8.14. The van der Waals surface area contributed by atoms with Crippen molar-refractivity contribution < 1.29 is 9.18 Å². The van der Waals surface area contributed by atoms with E-state index < -0.39 is 0 Å². The number of amides is 1. The number of halogens is 1. The monoisotopic (exact) mass is 380 g/mol. The number of nitrogens with one attached hydrogen (secondary N) is 1.